The van der Waals surface area contributed by atoms with Gasteiger partial charge in [0, 0.05) is 0 Å². The van der Waals surface area contributed by atoms with Crippen LogP contribution in [-0.4, -0.2) is 32.0 Å². The van der Waals surface area contributed by atoms with Gasteiger partial charge in [0.25, 0.3) is 5.91 Å². The van der Waals surface area contributed by atoms with Crippen LogP contribution in [0.2, 0.25) is 0 Å². The topological polar surface area (TPSA) is 121 Å². The lowest BCUT2D eigenvalue weighted by Crippen LogP contribution is -2.22. The molecule has 1 aromatic heterocycles. The molecule has 31 heavy (non-hydrogen) atoms. The molecular weight excluding hydrogens is 438 g/mol. The largest absolute Gasteiger partial charge is 0.468 e. The maximum atomic E-state index is 12.6. The minimum absolute atomic E-state index is 0.0606. The van der Waals surface area contributed by atoms with Crippen LogP contribution in [-0.2, 0) is 37.3 Å². The summed E-state index contributed by atoms with van der Waals surface area (Å²) in [7, 11) is -2.63. The molecule has 0 spiro atoms. The first kappa shape index (κ1) is 22.9. The number of rotatable bonds is 6. The number of ether oxygens (including phenoxy) is 1. The van der Waals surface area contributed by atoms with Gasteiger partial charge in [-0.25, -0.2) is 13.6 Å². The number of thiazole rings is 1. The zero-order valence-electron chi connectivity index (χ0n) is 17.4. The van der Waals surface area contributed by atoms with E-state index in [0.29, 0.717) is 16.1 Å². The molecule has 2 aromatic carbocycles. The molecule has 0 saturated carbocycles. The zero-order chi connectivity index (χ0) is 22.8. The number of carbonyl (C=O) groups excluding carboxylic acids is 2. The van der Waals surface area contributed by atoms with Crippen molar-refractivity contribution in [3.63, 3.8) is 0 Å². The summed E-state index contributed by atoms with van der Waals surface area (Å²) < 4.78 is 30.1. The van der Waals surface area contributed by atoms with E-state index in [0.717, 1.165) is 16.9 Å². The van der Waals surface area contributed by atoms with Gasteiger partial charge < -0.3 is 9.30 Å². The quantitative estimate of drug-likeness (QED) is 0.565. The first-order valence-electron chi connectivity index (χ1n) is 9.48. The number of hydrogen-bond donors (Lipinski definition) is 1. The molecule has 0 aliphatic heterocycles. The van der Waals surface area contributed by atoms with Crippen molar-refractivity contribution in [1.82, 2.24) is 4.57 Å². The number of nitrogens with zero attached hydrogens (tertiary/aromatic N) is 2. The molecular formula is C21H23N3O5S2. The number of esters is 1. The minimum atomic E-state index is -3.89. The highest BCUT2D eigenvalue weighted by molar-refractivity contribution is 7.89. The smallest absolute Gasteiger partial charge is 0.325 e. The van der Waals surface area contributed by atoms with Gasteiger partial charge in [-0.15, -0.1) is 0 Å². The van der Waals surface area contributed by atoms with Crippen LogP contribution in [0.4, 0.5) is 0 Å². The molecule has 0 bridgehead atoms. The third-order valence-corrected chi connectivity index (χ3v) is 6.67. The maximum absolute atomic E-state index is 12.6. The van der Waals surface area contributed by atoms with Crippen molar-refractivity contribution in [2.24, 2.45) is 10.1 Å². The van der Waals surface area contributed by atoms with E-state index in [4.69, 9.17) is 9.88 Å². The molecule has 8 nitrogen and oxygen atoms in total. The van der Waals surface area contributed by atoms with Crippen LogP contribution in [0.1, 0.15) is 30.9 Å². The fourth-order valence-electron chi connectivity index (χ4n) is 3.00. The van der Waals surface area contributed by atoms with Gasteiger partial charge >= 0.3 is 5.97 Å². The second-order valence-electron chi connectivity index (χ2n) is 7.30. The molecule has 1 amide bonds. The summed E-state index contributed by atoms with van der Waals surface area (Å²) in [5.74, 6) is -0.505. The second kappa shape index (κ2) is 9.13. The average molecular weight is 462 g/mol. The number of primary sulfonamides is 1. The Hall–Kier alpha value is -2.82. The van der Waals surface area contributed by atoms with E-state index in [2.05, 4.69) is 18.8 Å². The van der Waals surface area contributed by atoms with E-state index < -0.39 is 16.0 Å². The van der Waals surface area contributed by atoms with E-state index in [-0.39, 0.29) is 28.6 Å². The van der Waals surface area contributed by atoms with Crippen molar-refractivity contribution in [1.29, 1.82) is 0 Å². The first-order valence-corrected chi connectivity index (χ1v) is 11.8. The number of amides is 1. The Morgan fingerprint density at radius 2 is 1.84 bits per heavy atom. The van der Waals surface area contributed by atoms with Gasteiger partial charge in [-0.3, -0.25) is 9.59 Å². The summed E-state index contributed by atoms with van der Waals surface area (Å²) in [6.07, 6.45) is 0.104. The van der Waals surface area contributed by atoms with Crippen molar-refractivity contribution < 1.29 is 22.7 Å². The lowest BCUT2D eigenvalue weighted by atomic mass is 10.0. The van der Waals surface area contributed by atoms with Crippen LogP contribution in [0.3, 0.4) is 0 Å². The van der Waals surface area contributed by atoms with E-state index in [9.17, 15) is 18.0 Å². The van der Waals surface area contributed by atoms with Crippen LogP contribution >= 0.6 is 11.3 Å². The third kappa shape index (κ3) is 5.46. The van der Waals surface area contributed by atoms with E-state index >= 15 is 0 Å². The highest BCUT2D eigenvalue weighted by Gasteiger charge is 2.15. The Balaban J connectivity index is 2.01. The van der Waals surface area contributed by atoms with Gasteiger partial charge in [0.2, 0.25) is 10.0 Å². The molecule has 0 radical (unpaired) electrons. The molecule has 3 rings (SSSR count). The van der Waals surface area contributed by atoms with Gasteiger partial charge in [-0.05, 0) is 35.2 Å². The Kier molecular flexibility index (Phi) is 6.73. The lowest BCUT2D eigenvalue weighted by Gasteiger charge is -2.06. The summed E-state index contributed by atoms with van der Waals surface area (Å²) in [5.41, 5.74) is 2.56. The normalized spacial score (nSPS) is 12.5. The predicted octanol–water partition coefficient (Wildman–Crippen LogP) is 2.32. The van der Waals surface area contributed by atoms with Gasteiger partial charge in [-0.2, -0.15) is 4.99 Å². The molecule has 0 atom stereocenters. The number of fused-ring (bicyclic) bond motifs is 1. The van der Waals surface area contributed by atoms with Crippen LogP contribution in [0.15, 0.2) is 52.4 Å². The summed E-state index contributed by atoms with van der Waals surface area (Å²) in [5, 5.41) is 5.21. The number of carbonyl (C=O) groups is 2. The van der Waals surface area contributed by atoms with Gasteiger partial charge in [0.1, 0.15) is 6.54 Å². The predicted molar refractivity (Wildman–Crippen MR) is 118 cm³/mol. The Morgan fingerprint density at radius 1 is 1.16 bits per heavy atom. The fraction of sp³-hybridized carbons (Fsp3) is 0.286. The highest BCUT2D eigenvalue weighted by atomic mass is 32.2. The van der Waals surface area contributed by atoms with Crippen molar-refractivity contribution in [3.8, 4) is 0 Å². The van der Waals surface area contributed by atoms with E-state index in [1.165, 1.54) is 35.4 Å². The van der Waals surface area contributed by atoms with Crippen molar-refractivity contribution in [2.45, 2.75) is 37.6 Å². The Labute approximate surface area is 184 Å². The van der Waals surface area contributed by atoms with Crippen molar-refractivity contribution >= 4 is 43.5 Å². The summed E-state index contributed by atoms with van der Waals surface area (Å²) >= 11 is 1.10. The van der Waals surface area contributed by atoms with Gasteiger partial charge in [-0.1, -0.05) is 49.4 Å². The first-order chi connectivity index (χ1) is 14.6. The molecule has 0 fully saturated rings. The van der Waals surface area contributed by atoms with Crippen LogP contribution in [0, 0.1) is 0 Å². The lowest BCUT2D eigenvalue weighted by molar-refractivity contribution is -0.141. The second-order valence-corrected chi connectivity index (χ2v) is 9.87. The van der Waals surface area contributed by atoms with Crippen LogP contribution in [0.5, 0.6) is 0 Å². The maximum Gasteiger partial charge on any atom is 0.325 e. The van der Waals surface area contributed by atoms with Crippen molar-refractivity contribution in [3.05, 3.63) is 58.4 Å². The molecule has 2 N–H and O–H groups in total. The number of sulfonamides is 1. The summed E-state index contributed by atoms with van der Waals surface area (Å²) in [6.45, 7) is 4.02. The number of aromatic nitrogens is 1. The van der Waals surface area contributed by atoms with Crippen LogP contribution < -0.4 is 9.94 Å². The number of methoxy groups -OCH3 is 1. The Bertz CT molecular complexity index is 1300. The molecule has 0 unspecified atom stereocenters. The Morgan fingerprint density at radius 3 is 2.42 bits per heavy atom. The molecule has 3 aromatic rings. The fourth-order valence-corrected chi connectivity index (χ4v) is 4.70. The number of benzene rings is 2. The molecule has 0 aliphatic rings. The van der Waals surface area contributed by atoms with Gasteiger partial charge in [0.05, 0.1) is 28.6 Å². The molecule has 164 valence electrons. The molecule has 1 heterocycles. The van der Waals surface area contributed by atoms with E-state index in [1.807, 2.05) is 24.3 Å². The summed E-state index contributed by atoms with van der Waals surface area (Å²) in [6, 6.07) is 12.0. The zero-order valence-corrected chi connectivity index (χ0v) is 19.0. The van der Waals surface area contributed by atoms with Gasteiger partial charge in [0.15, 0.2) is 4.80 Å². The monoisotopic (exact) mass is 461 g/mol. The number of nitrogens with two attached hydrogens (primary N) is 1. The SMILES string of the molecule is COC(=O)Cn1c(=NC(=O)Cc2ccc(C(C)C)cc2)sc2cc(S(N)(=O)=O)ccc21. The van der Waals surface area contributed by atoms with Crippen molar-refractivity contribution in [2.75, 3.05) is 7.11 Å². The van der Waals surface area contributed by atoms with E-state index in [1.54, 1.807) is 0 Å². The van der Waals surface area contributed by atoms with Crippen LogP contribution in [0.25, 0.3) is 10.2 Å². The minimum Gasteiger partial charge on any atom is -0.468 e. The molecule has 0 saturated heterocycles. The third-order valence-electron chi connectivity index (χ3n) is 4.72. The molecule has 10 heteroatoms. The molecule has 0 aliphatic carbocycles. The number of hydrogen-bond acceptors (Lipinski definition) is 6. The highest BCUT2D eigenvalue weighted by Crippen LogP contribution is 2.21. The standard InChI is InChI=1S/C21H23N3O5S2/c1-13(2)15-6-4-14(5-7-15)10-19(25)23-21-24(12-20(26)29-3)17-9-8-16(31(22,27)28)11-18(17)30-21/h4-9,11,13H,10,12H2,1-3H3,(H2,22,27,28). The average Bonchev–Trinajstić information content (AvgIpc) is 3.03. The summed E-state index contributed by atoms with van der Waals surface area (Å²) in [4.78, 5) is 28.9.